The third kappa shape index (κ3) is 3.35. The van der Waals surface area contributed by atoms with E-state index in [2.05, 4.69) is 15.9 Å². The van der Waals surface area contributed by atoms with Gasteiger partial charge in [0, 0.05) is 5.33 Å². The summed E-state index contributed by atoms with van der Waals surface area (Å²) in [5.41, 5.74) is 2.02. The van der Waals surface area contributed by atoms with E-state index in [0.717, 1.165) is 35.7 Å². The first-order chi connectivity index (χ1) is 8.45. The molecule has 1 fully saturated rings. The lowest BCUT2D eigenvalue weighted by Gasteiger charge is -2.40. The molecule has 0 unspecified atom stereocenters. The lowest BCUT2D eigenvalue weighted by Crippen LogP contribution is -2.38. The highest BCUT2D eigenvalue weighted by atomic mass is 79.9. The summed E-state index contributed by atoms with van der Waals surface area (Å²) in [4.78, 5) is 0. The fourth-order valence-electron chi connectivity index (χ4n) is 2.57. The van der Waals surface area contributed by atoms with Crippen molar-refractivity contribution in [3.8, 4) is 0 Å². The normalized spacial score (nSPS) is 18.3. The van der Waals surface area contributed by atoms with Gasteiger partial charge in [0.25, 0.3) is 0 Å². The zero-order valence-electron chi connectivity index (χ0n) is 10.7. The Morgan fingerprint density at radius 3 is 2.56 bits per heavy atom. The molecular weight excluding hydrogens is 312 g/mol. The number of aryl methyl sites for hydroxylation is 1. The average molecular weight is 331 g/mol. The maximum Gasteiger partial charge on any atom is 0.155 e. The van der Waals surface area contributed by atoms with Gasteiger partial charge in [0.2, 0.25) is 0 Å². The smallest absolute Gasteiger partial charge is 0.155 e. The summed E-state index contributed by atoms with van der Waals surface area (Å²) in [5.74, 6) is 0.489. The van der Waals surface area contributed by atoms with E-state index in [1.807, 2.05) is 31.2 Å². The number of sulfone groups is 1. The van der Waals surface area contributed by atoms with E-state index in [1.165, 1.54) is 0 Å². The summed E-state index contributed by atoms with van der Waals surface area (Å²) in [6.07, 6.45) is 3.22. The van der Waals surface area contributed by atoms with Gasteiger partial charge in [-0.15, -0.1) is 0 Å². The van der Waals surface area contributed by atoms with Gasteiger partial charge in [0.15, 0.2) is 9.84 Å². The molecule has 0 bridgehead atoms. The van der Waals surface area contributed by atoms with Gasteiger partial charge in [-0.1, -0.05) is 52.2 Å². The van der Waals surface area contributed by atoms with Crippen LogP contribution in [0.2, 0.25) is 0 Å². The van der Waals surface area contributed by atoms with Crippen LogP contribution in [0, 0.1) is 12.3 Å². The van der Waals surface area contributed by atoms with Crippen LogP contribution in [0.25, 0.3) is 0 Å². The maximum absolute atomic E-state index is 12.3. The van der Waals surface area contributed by atoms with Crippen LogP contribution in [-0.2, 0) is 15.6 Å². The number of hydrogen-bond acceptors (Lipinski definition) is 2. The molecule has 0 spiro atoms. The molecule has 1 saturated carbocycles. The first-order valence-corrected chi connectivity index (χ1v) is 9.21. The van der Waals surface area contributed by atoms with Crippen LogP contribution in [0.1, 0.15) is 30.4 Å². The Hall–Kier alpha value is -0.350. The highest BCUT2D eigenvalue weighted by Gasteiger charge is 2.39. The Morgan fingerprint density at radius 2 is 2.06 bits per heavy atom. The van der Waals surface area contributed by atoms with E-state index >= 15 is 0 Å². The summed E-state index contributed by atoms with van der Waals surface area (Å²) in [6.45, 7) is 1.99. The molecule has 4 heteroatoms. The zero-order valence-corrected chi connectivity index (χ0v) is 13.1. The second-order valence-electron chi connectivity index (χ2n) is 5.51. The fourth-order valence-corrected chi connectivity index (χ4v) is 5.70. The Labute approximate surface area is 118 Å². The van der Waals surface area contributed by atoms with E-state index in [0.29, 0.717) is 5.75 Å². The number of benzene rings is 1. The molecule has 0 atom stereocenters. The molecule has 0 saturated heterocycles. The minimum Gasteiger partial charge on any atom is -0.228 e. The quantitative estimate of drug-likeness (QED) is 0.774. The monoisotopic (exact) mass is 330 g/mol. The first kappa shape index (κ1) is 14.1. The molecule has 1 aliphatic rings. The van der Waals surface area contributed by atoms with Crippen LogP contribution in [0.3, 0.4) is 0 Å². The number of hydrogen-bond donors (Lipinski definition) is 0. The highest BCUT2D eigenvalue weighted by molar-refractivity contribution is 9.09. The van der Waals surface area contributed by atoms with Crippen LogP contribution in [0.5, 0.6) is 0 Å². The summed E-state index contributed by atoms with van der Waals surface area (Å²) in [7, 11) is -3.01. The van der Waals surface area contributed by atoms with E-state index < -0.39 is 9.84 Å². The summed E-state index contributed by atoms with van der Waals surface area (Å²) < 4.78 is 24.5. The van der Waals surface area contributed by atoms with Gasteiger partial charge in [-0.05, 0) is 30.7 Å². The van der Waals surface area contributed by atoms with Gasteiger partial charge >= 0.3 is 0 Å². The van der Waals surface area contributed by atoms with Crippen molar-refractivity contribution in [1.29, 1.82) is 0 Å². The number of alkyl halides is 1. The molecule has 0 amide bonds. The van der Waals surface area contributed by atoms with Crippen LogP contribution >= 0.6 is 15.9 Å². The van der Waals surface area contributed by atoms with Crippen molar-refractivity contribution >= 4 is 25.8 Å². The summed E-state index contributed by atoms with van der Waals surface area (Å²) in [5, 5.41) is 0.799. The van der Waals surface area contributed by atoms with Crippen molar-refractivity contribution in [2.75, 3.05) is 11.1 Å². The van der Waals surface area contributed by atoms with E-state index in [1.54, 1.807) is 0 Å². The summed E-state index contributed by atoms with van der Waals surface area (Å²) >= 11 is 3.47. The van der Waals surface area contributed by atoms with Gasteiger partial charge < -0.3 is 0 Å². The van der Waals surface area contributed by atoms with Crippen molar-refractivity contribution in [2.45, 2.75) is 31.9 Å². The van der Waals surface area contributed by atoms with Crippen molar-refractivity contribution < 1.29 is 8.42 Å². The number of rotatable bonds is 5. The molecule has 0 radical (unpaired) electrons. The molecular formula is C14H19BrO2S. The predicted molar refractivity (Wildman–Crippen MR) is 78.7 cm³/mol. The van der Waals surface area contributed by atoms with Crippen molar-refractivity contribution in [3.05, 3.63) is 35.4 Å². The van der Waals surface area contributed by atoms with Gasteiger partial charge in [-0.3, -0.25) is 0 Å². The second-order valence-corrected chi connectivity index (χ2v) is 8.13. The minimum atomic E-state index is -3.01. The molecule has 2 rings (SSSR count). The van der Waals surface area contributed by atoms with Crippen LogP contribution in [0.15, 0.2) is 24.3 Å². The van der Waals surface area contributed by atoms with Gasteiger partial charge in [-0.2, -0.15) is 0 Å². The molecule has 0 aromatic heterocycles. The zero-order chi connectivity index (χ0) is 13.2. The number of halogens is 1. The average Bonchev–Trinajstić information content (AvgIpc) is 2.23. The molecule has 18 heavy (non-hydrogen) atoms. The van der Waals surface area contributed by atoms with Crippen molar-refractivity contribution in [2.24, 2.45) is 5.41 Å². The standard InChI is InChI=1S/C14H19BrO2S/c1-12-4-2-5-13(8-12)9-18(16,17)11-14(10-15)6-3-7-14/h2,4-5,8H,3,6-7,9-11H2,1H3. The SMILES string of the molecule is Cc1cccc(CS(=O)(=O)CC2(CBr)CCC2)c1. The van der Waals surface area contributed by atoms with E-state index in [4.69, 9.17) is 0 Å². The Bertz CT molecular complexity index is 513. The third-order valence-corrected chi connectivity index (χ3v) is 6.71. The van der Waals surface area contributed by atoms with E-state index in [-0.39, 0.29) is 11.2 Å². The van der Waals surface area contributed by atoms with Gasteiger partial charge in [-0.25, -0.2) is 8.42 Å². The molecule has 100 valence electrons. The lowest BCUT2D eigenvalue weighted by molar-refractivity contribution is 0.203. The van der Waals surface area contributed by atoms with Crippen LogP contribution < -0.4 is 0 Å². The minimum absolute atomic E-state index is 0.00264. The topological polar surface area (TPSA) is 34.1 Å². The Morgan fingerprint density at radius 1 is 1.33 bits per heavy atom. The molecule has 1 aromatic rings. The Kier molecular flexibility index (Phi) is 4.17. The van der Waals surface area contributed by atoms with Gasteiger partial charge in [0.1, 0.15) is 0 Å². The predicted octanol–water partition coefficient (Wildman–Crippen LogP) is 3.48. The molecule has 1 aliphatic carbocycles. The molecule has 1 aromatic carbocycles. The Balaban J connectivity index is 2.08. The molecule has 0 heterocycles. The van der Waals surface area contributed by atoms with Crippen molar-refractivity contribution in [3.63, 3.8) is 0 Å². The maximum atomic E-state index is 12.3. The van der Waals surface area contributed by atoms with Gasteiger partial charge in [0.05, 0.1) is 11.5 Å². The largest absolute Gasteiger partial charge is 0.228 e. The molecule has 0 aliphatic heterocycles. The molecule has 0 N–H and O–H groups in total. The fraction of sp³-hybridized carbons (Fsp3) is 0.571. The van der Waals surface area contributed by atoms with Crippen LogP contribution in [-0.4, -0.2) is 19.5 Å². The summed E-state index contributed by atoms with van der Waals surface area (Å²) in [6, 6.07) is 7.76. The first-order valence-electron chi connectivity index (χ1n) is 6.27. The van der Waals surface area contributed by atoms with Crippen molar-refractivity contribution in [1.82, 2.24) is 0 Å². The van der Waals surface area contributed by atoms with E-state index in [9.17, 15) is 8.42 Å². The highest BCUT2D eigenvalue weighted by Crippen LogP contribution is 2.43. The second kappa shape index (κ2) is 5.33. The third-order valence-electron chi connectivity index (χ3n) is 3.69. The molecule has 2 nitrogen and oxygen atoms in total. The lowest BCUT2D eigenvalue weighted by atomic mass is 9.72. The van der Waals surface area contributed by atoms with Crippen LogP contribution in [0.4, 0.5) is 0 Å².